The molecule has 1 heterocycles. The average molecular weight is 314 g/mol. The van der Waals surface area contributed by atoms with Gasteiger partial charge in [0.05, 0.1) is 4.92 Å². The smallest absolute Gasteiger partial charge is 0.325 e. The van der Waals surface area contributed by atoms with Gasteiger partial charge in [-0.2, -0.15) is 0 Å². The second-order valence-electron chi connectivity index (χ2n) is 4.89. The second-order valence-corrected chi connectivity index (χ2v) is 5.33. The van der Waals surface area contributed by atoms with Crippen molar-refractivity contribution >= 4 is 29.2 Å². The van der Waals surface area contributed by atoms with Gasteiger partial charge in [-0.15, -0.1) is 0 Å². The molecule has 0 aliphatic carbocycles. The maximum absolute atomic E-state index is 12.3. The van der Waals surface area contributed by atoms with Crippen LogP contribution in [-0.2, 0) is 4.79 Å². The van der Waals surface area contributed by atoms with Crippen molar-refractivity contribution < 1.29 is 19.6 Å². The van der Waals surface area contributed by atoms with Crippen molar-refractivity contribution in [2.45, 2.75) is 12.0 Å². The molecule has 1 fully saturated rings. The molecule has 1 aliphatic heterocycles. The number of carboxylic acid groups (broad SMARTS) is 1. The number of aliphatic carboxylic acids is 1. The summed E-state index contributed by atoms with van der Waals surface area (Å²) in [5.74, 6) is -1.72. The van der Waals surface area contributed by atoms with Crippen LogP contribution in [0.4, 0.5) is 5.69 Å². The van der Waals surface area contributed by atoms with E-state index in [0.717, 1.165) is 12.1 Å². The SMILES string of the molecule is NC1(C(=O)O)CCN(C(=O)c2cc(Cl)cc([N+](=O)[O-])c2)C1. The van der Waals surface area contributed by atoms with E-state index in [1.54, 1.807) is 0 Å². The Kier molecular flexibility index (Phi) is 3.84. The number of nitrogens with zero attached hydrogens (tertiary/aromatic N) is 2. The Labute approximate surface area is 124 Å². The first kappa shape index (κ1) is 15.2. The van der Waals surface area contributed by atoms with Gasteiger partial charge in [-0.1, -0.05) is 11.6 Å². The lowest BCUT2D eigenvalue weighted by atomic mass is 10.0. The minimum absolute atomic E-state index is 0.0313. The molecule has 21 heavy (non-hydrogen) atoms. The lowest BCUT2D eigenvalue weighted by Gasteiger charge is -2.20. The fourth-order valence-corrected chi connectivity index (χ4v) is 2.40. The molecule has 3 N–H and O–H groups in total. The highest BCUT2D eigenvalue weighted by molar-refractivity contribution is 6.31. The Hall–Kier alpha value is -2.19. The quantitative estimate of drug-likeness (QED) is 0.630. The number of rotatable bonds is 3. The van der Waals surface area contributed by atoms with Crippen LogP contribution < -0.4 is 5.73 Å². The van der Waals surface area contributed by atoms with Gasteiger partial charge in [-0.3, -0.25) is 19.7 Å². The molecule has 1 atom stereocenters. The predicted octanol–water partition coefficient (Wildman–Crippen LogP) is 0.876. The van der Waals surface area contributed by atoms with Crippen LogP contribution in [0.2, 0.25) is 5.02 Å². The standard InChI is InChI=1S/C12H12ClN3O5/c13-8-3-7(4-9(5-8)16(20)21)10(17)15-2-1-12(14,6-15)11(18)19/h3-5H,1-2,6,14H2,(H,18,19). The molecule has 0 bridgehead atoms. The molecule has 0 saturated carbocycles. The van der Waals surface area contributed by atoms with Gasteiger partial charge in [-0.25, -0.2) is 0 Å². The number of amides is 1. The molecule has 1 aliphatic rings. The van der Waals surface area contributed by atoms with E-state index in [9.17, 15) is 19.7 Å². The summed E-state index contributed by atoms with van der Waals surface area (Å²) in [6.07, 6.45) is 0.122. The van der Waals surface area contributed by atoms with Crippen LogP contribution in [0.5, 0.6) is 0 Å². The molecule has 1 unspecified atom stereocenters. The molecular weight excluding hydrogens is 302 g/mol. The molecular formula is C12H12ClN3O5. The largest absolute Gasteiger partial charge is 0.480 e. The Morgan fingerprint density at radius 1 is 1.43 bits per heavy atom. The van der Waals surface area contributed by atoms with Crippen molar-refractivity contribution in [3.63, 3.8) is 0 Å². The van der Waals surface area contributed by atoms with Gasteiger partial charge in [0.2, 0.25) is 0 Å². The molecule has 9 heteroatoms. The second kappa shape index (κ2) is 5.30. The first-order valence-electron chi connectivity index (χ1n) is 5.99. The van der Waals surface area contributed by atoms with E-state index in [1.165, 1.54) is 11.0 Å². The average Bonchev–Trinajstić information content (AvgIpc) is 2.81. The number of nitro groups is 1. The Bertz CT molecular complexity index is 635. The Morgan fingerprint density at radius 2 is 2.10 bits per heavy atom. The van der Waals surface area contributed by atoms with Crippen LogP contribution in [0.25, 0.3) is 0 Å². The monoisotopic (exact) mass is 313 g/mol. The molecule has 8 nitrogen and oxygen atoms in total. The van der Waals surface area contributed by atoms with Crippen LogP contribution in [0.15, 0.2) is 18.2 Å². The molecule has 0 aromatic heterocycles. The van der Waals surface area contributed by atoms with Crippen molar-refractivity contribution in [2.75, 3.05) is 13.1 Å². The topological polar surface area (TPSA) is 127 Å². The van der Waals surface area contributed by atoms with E-state index in [-0.39, 0.29) is 35.8 Å². The highest BCUT2D eigenvalue weighted by Crippen LogP contribution is 2.25. The van der Waals surface area contributed by atoms with Gasteiger partial charge in [-0.05, 0) is 12.5 Å². The third-order valence-corrected chi connectivity index (χ3v) is 3.57. The molecule has 112 valence electrons. The van der Waals surface area contributed by atoms with Crippen molar-refractivity contribution in [3.05, 3.63) is 38.9 Å². The van der Waals surface area contributed by atoms with E-state index >= 15 is 0 Å². The number of nitrogens with two attached hydrogens (primary N) is 1. The maximum atomic E-state index is 12.3. The molecule has 2 rings (SSSR count). The summed E-state index contributed by atoms with van der Waals surface area (Å²) in [5, 5.41) is 19.9. The van der Waals surface area contributed by atoms with Gasteiger partial charge < -0.3 is 15.7 Å². The van der Waals surface area contributed by atoms with Gasteiger partial charge in [0.15, 0.2) is 0 Å². The van der Waals surface area contributed by atoms with Crippen LogP contribution in [0, 0.1) is 10.1 Å². The molecule has 1 aromatic carbocycles. The first-order chi connectivity index (χ1) is 9.73. The number of likely N-dealkylation sites (tertiary alicyclic amines) is 1. The summed E-state index contributed by atoms with van der Waals surface area (Å²) < 4.78 is 0. The molecule has 0 radical (unpaired) electrons. The van der Waals surface area contributed by atoms with E-state index in [2.05, 4.69) is 0 Å². The van der Waals surface area contributed by atoms with Crippen LogP contribution in [0.3, 0.4) is 0 Å². The Balaban J connectivity index is 2.26. The number of benzene rings is 1. The number of hydrogen-bond donors (Lipinski definition) is 2. The Morgan fingerprint density at radius 3 is 2.62 bits per heavy atom. The number of carbonyl (C=O) groups is 2. The normalized spacial score (nSPS) is 21.3. The number of non-ortho nitro benzene ring substituents is 1. The van der Waals surface area contributed by atoms with E-state index < -0.39 is 22.3 Å². The lowest BCUT2D eigenvalue weighted by Crippen LogP contribution is -2.50. The van der Waals surface area contributed by atoms with Gasteiger partial charge in [0, 0.05) is 35.8 Å². The summed E-state index contributed by atoms with van der Waals surface area (Å²) in [6, 6.07) is 3.53. The van der Waals surface area contributed by atoms with Crippen molar-refractivity contribution in [1.29, 1.82) is 0 Å². The number of halogens is 1. The molecule has 1 saturated heterocycles. The van der Waals surface area contributed by atoms with E-state index in [4.69, 9.17) is 22.4 Å². The lowest BCUT2D eigenvalue weighted by molar-refractivity contribution is -0.384. The van der Waals surface area contributed by atoms with Gasteiger partial charge in [0.1, 0.15) is 5.54 Å². The highest BCUT2D eigenvalue weighted by Gasteiger charge is 2.43. The van der Waals surface area contributed by atoms with Crippen molar-refractivity contribution in [3.8, 4) is 0 Å². The summed E-state index contributed by atoms with van der Waals surface area (Å²) >= 11 is 5.76. The maximum Gasteiger partial charge on any atom is 0.325 e. The zero-order chi connectivity index (χ0) is 15.8. The third-order valence-electron chi connectivity index (χ3n) is 3.35. The predicted molar refractivity (Wildman–Crippen MR) is 73.2 cm³/mol. The number of carboxylic acids is 1. The number of hydrogen-bond acceptors (Lipinski definition) is 5. The summed E-state index contributed by atoms with van der Waals surface area (Å²) in [5.41, 5.74) is 3.93. The molecule has 1 aromatic rings. The first-order valence-corrected chi connectivity index (χ1v) is 6.37. The summed E-state index contributed by atoms with van der Waals surface area (Å²) in [4.78, 5) is 34.7. The van der Waals surface area contributed by atoms with Crippen LogP contribution in [0.1, 0.15) is 16.8 Å². The van der Waals surface area contributed by atoms with Gasteiger partial charge in [0.25, 0.3) is 11.6 Å². The third kappa shape index (κ3) is 2.96. The highest BCUT2D eigenvalue weighted by atomic mass is 35.5. The fraction of sp³-hybridized carbons (Fsp3) is 0.333. The van der Waals surface area contributed by atoms with Crippen molar-refractivity contribution in [2.24, 2.45) is 5.73 Å². The summed E-state index contributed by atoms with van der Waals surface area (Å²) in [6.45, 7) is 0.0173. The van der Waals surface area contributed by atoms with Crippen LogP contribution >= 0.6 is 11.6 Å². The minimum Gasteiger partial charge on any atom is -0.480 e. The van der Waals surface area contributed by atoms with Crippen LogP contribution in [-0.4, -0.2) is 45.4 Å². The fourth-order valence-electron chi connectivity index (χ4n) is 2.17. The zero-order valence-electron chi connectivity index (χ0n) is 10.8. The number of nitro benzene ring substituents is 1. The molecule has 0 spiro atoms. The zero-order valence-corrected chi connectivity index (χ0v) is 11.5. The van der Waals surface area contributed by atoms with Crippen molar-refractivity contribution in [1.82, 2.24) is 4.90 Å². The van der Waals surface area contributed by atoms with E-state index in [0.29, 0.717) is 0 Å². The molecule has 1 amide bonds. The van der Waals surface area contributed by atoms with Gasteiger partial charge >= 0.3 is 5.97 Å². The minimum atomic E-state index is -1.49. The van der Waals surface area contributed by atoms with E-state index in [1.807, 2.05) is 0 Å². The summed E-state index contributed by atoms with van der Waals surface area (Å²) in [7, 11) is 0. The number of carbonyl (C=O) groups excluding carboxylic acids is 1.